The average Bonchev–Trinajstić information content (AvgIpc) is 3.44. The highest BCUT2D eigenvalue weighted by Gasteiger charge is 2.42. The maximum Gasteiger partial charge on any atom is 0.315 e. The molecular formula is C27H32F2N4O2S. The van der Waals surface area contributed by atoms with Crippen LogP contribution >= 0.6 is 11.8 Å². The van der Waals surface area contributed by atoms with Gasteiger partial charge in [0.1, 0.15) is 11.6 Å². The lowest BCUT2D eigenvalue weighted by atomic mass is 9.96. The lowest BCUT2D eigenvalue weighted by Gasteiger charge is -2.40. The number of fused-ring (bicyclic) bond motifs is 1. The first-order valence-corrected chi connectivity index (χ1v) is 13.7. The summed E-state index contributed by atoms with van der Waals surface area (Å²) >= 11 is 1.90. The van der Waals surface area contributed by atoms with Crippen LogP contribution in [0.1, 0.15) is 42.9 Å². The zero-order chi connectivity index (χ0) is 25.1. The van der Waals surface area contributed by atoms with Gasteiger partial charge >= 0.3 is 6.03 Å². The van der Waals surface area contributed by atoms with Crippen molar-refractivity contribution in [2.24, 2.45) is 0 Å². The number of halogens is 2. The number of benzene rings is 2. The van der Waals surface area contributed by atoms with Crippen LogP contribution in [-0.4, -0.2) is 71.0 Å². The summed E-state index contributed by atoms with van der Waals surface area (Å²) in [5.41, 5.74) is 1.90. The summed E-state index contributed by atoms with van der Waals surface area (Å²) in [6, 6.07) is 13.2. The molecular weight excluding hydrogens is 482 g/mol. The molecule has 192 valence electrons. The molecule has 3 fully saturated rings. The Labute approximate surface area is 214 Å². The highest BCUT2D eigenvalue weighted by molar-refractivity contribution is 8.00. The van der Waals surface area contributed by atoms with E-state index in [1.54, 1.807) is 24.3 Å². The third-order valence-corrected chi connectivity index (χ3v) is 8.98. The van der Waals surface area contributed by atoms with Gasteiger partial charge in [0.15, 0.2) is 0 Å². The van der Waals surface area contributed by atoms with Gasteiger partial charge in [0.2, 0.25) is 5.91 Å². The van der Waals surface area contributed by atoms with E-state index in [1.165, 1.54) is 24.3 Å². The average molecular weight is 515 g/mol. The van der Waals surface area contributed by atoms with Gasteiger partial charge in [-0.3, -0.25) is 9.69 Å². The van der Waals surface area contributed by atoms with Gasteiger partial charge in [-0.15, -0.1) is 0 Å². The van der Waals surface area contributed by atoms with Gasteiger partial charge in [-0.2, -0.15) is 11.8 Å². The maximum absolute atomic E-state index is 13.5. The largest absolute Gasteiger partial charge is 0.340 e. The van der Waals surface area contributed by atoms with Crippen LogP contribution in [0.4, 0.5) is 13.6 Å². The maximum atomic E-state index is 13.5. The molecule has 36 heavy (non-hydrogen) atoms. The minimum atomic E-state index is -0.289. The Hall–Kier alpha value is -2.65. The number of nitrogens with one attached hydrogen (secondary N) is 2. The van der Waals surface area contributed by atoms with Crippen LogP contribution in [0.15, 0.2) is 48.5 Å². The third kappa shape index (κ3) is 5.67. The molecule has 0 saturated carbocycles. The molecule has 0 aliphatic carbocycles. The molecule has 0 spiro atoms. The summed E-state index contributed by atoms with van der Waals surface area (Å²) in [5.74, 6) is 0.558. The summed E-state index contributed by atoms with van der Waals surface area (Å²) in [6.45, 7) is 2.66. The molecule has 0 unspecified atom stereocenters. The van der Waals surface area contributed by atoms with Gasteiger partial charge in [-0.1, -0.05) is 30.7 Å². The van der Waals surface area contributed by atoms with E-state index in [-0.39, 0.29) is 41.7 Å². The Bertz CT molecular complexity index is 1010. The number of thioether (sulfide) groups is 1. The molecule has 6 nitrogen and oxygen atoms in total. The quantitative estimate of drug-likeness (QED) is 0.414. The molecule has 2 aromatic carbocycles. The van der Waals surface area contributed by atoms with Crippen LogP contribution in [0.5, 0.6) is 0 Å². The van der Waals surface area contributed by atoms with Crippen LogP contribution in [0.2, 0.25) is 0 Å². The number of unbranched alkanes of at least 4 members (excludes halogenated alkanes) is 1. The monoisotopic (exact) mass is 514 g/mol. The number of piperazine rings is 1. The minimum absolute atomic E-state index is 0.0642. The van der Waals surface area contributed by atoms with Gasteiger partial charge in [0.05, 0.1) is 18.1 Å². The summed E-state index contributed by atoms with van der Waals surface area (Å²) in [5, 5.41) is 6.41. The SMILES string of the molecule is O=C1N[C@H]2[C@@H](CS[C@@H]2CCCCC(=O)N2CCN(C(c3ccc(F)cc3)c3ccc(F)cc3)CC2)N1. The van der Waals surface area contributed by atoms with Crippen molar-refractivity contribution in [2.75, 3.05) is 31.9 Å². The van der Waals surface area contributed by atoms with Gasteiger partial charge < -0.3 is 15.5 Å². The molecule has 0 radical (unpaired) electrons. The first kappa shape index (κ1) is 25.0. The van der Waals surface area contributed by atoms with Gasteiger partial charge in [0, 0.05) is 43.6 Å². The van der Waals surface area contributed by atoms with Crippen molar-refractivity contribution in [3.05, 3.63) is 71.3 Å². The predicted molar refractivity (Wildman–Crippen MR) is 137 cm³/mol. The summed E-state index contributed by atoms with van der Waals surface area (Å²) < 4.78 is 27.1. The van der Waals surface area contributed by atoms with E-state index in [4.69, 9.17) is 0 Å². The Morgan fingerprint density at radius 3 is 2.14 bits per heavy atom. The predicted octanol–water partition coefficient (Wildman–Crippen LogP) is 3.92. The Kier molecular flexibility index (Phi) is 7.76. The highest BCUT2D eigenvalue weighted by atomic mass is 32.2. The summed E-state index contributed by atoms with van der Waals surface area (Å²) in [7, 11) is 0. The molecule has 3 aliphatic rings. The minimum Gasteiger partial charge on any atom is -0.340 e. The molecule has 3 aliphatic heterocycles. The van der Waals surface area contributed by atoms with Crippen molar-refractivity contribution in [2.45, 2.75) is 49.1 Å². The number of hydrogen-bond acceptors (Lipinski definition) is 4. The molecule has 2 N–H and O–H groups in total. The fourth-order valence-corrected chi connectivity index (χ4v) is 7.10. The number of nitrogens with zero attached hydrogens (tertiary/aromatic N) is 2. The van der Waals surface area contributed by atoms with Crippen LogP contribution in [-0.2, 0) is 4.79 Å². The molecule has 5 rings (SSSR count). The fourth-order valence-electron chi connectivity index (χ4n) is 5.56. The zero-order valence-corrected chi connectivity index (χ0v) is 21.0. The van der Waals surface area contributed by atoms with E-state index in [0.29, 0.717) is 37.8 Å². The van der Waals surface area contributed by atoms with Crippen molar-refractivity contribution in [1.29, 1.82) is 0 Å². The topological polar surface area (TPSA) is 64.7 Å². The zero-order valence-electron chi connectivity index (χ0n) is 20.2. The van der Waals surface area contributed by atoms with E-state index < -0.39 is 0 Å². The summed E-state index contributed by atoms with van der Waals surface area (Å²) in [6.07, 6.45) is 3.36. The molecule has 3 heterocycles. The Balaban J connectivity index is 1.12. The molecule has 9 heteroatoms. The number of hydrogen-bond donors (Lipinski definition) is 2. The van der Waals surface area contributed by atoms with E-state index in [2.05, 4.69) is 15.5 Å². The lowest BCUT2D eigenvalue weighted by Crippen LogP contribution is -2.49. The van der Waals surface area contributed by atoms with Crippen LogP contribution in [0.25, 0.3) is 0 Å². The molecule has 0 bridgehead atoms. The van der Waals surface area contributed by atoms with Crippen LogP contribution in [0.3, 0.4) is 0 Å². The molecule has 3 atom stereocenters. The molecule has 3 amide bonds. The van der Waals surface area contributed by atoms with E-state index in [9.17, 15) is 18.4 Å². The second kappa shape index (κ2) is 11.2. The number of amides is 3. The van der Waals surface area contributed by atoms with E-state index >= 15 is 0 Å². The van der Waals surface area contributed by atoms with Crippen molar-refractivity contribution in [1.82, 2.24) is 20.4 Å². The third-order valence-electron chi connectivity index (χ3n) is 7.47. The fraction of sp³-hybridized carbons (Fsp3) is 0.481. The van der Waals surface area contributed by atoms with Gasteiger partial charge in [-0.05, 0) is 48.2 Å². The first-order chi connectivity index (χ1) is 17.5. The van der Waals surface area contributed by atoms with Gasteiger partial charge in [-0.25, -0.2) is 13.6 Å². The van der Waals surface area contributed by atoms with Crippen molar-refractivity contribution < 1.29 is 18.4 Å². The lowest BCUT2D eigenvalue weighted by molar-refractivity contribution is -0.133. The smallest absolute Gasteiger partial charge is 0.315 e. The number of urea groups is 1. The van der Waals surface area contributed by atoms with E-state index in [0.717, 1.165) is 36.1 Å². The second-order valence-electron chi connectivity index (χ2n) is 9.79. The molecule has 0 aromatic heterocycles. The molecule has 3 saturated heterocycles. The molecule has 2 aromatic rings. The standard InChI is InChI=1S/C27H32F2N4O2S/c28-20-9-5-18(6-10-20)26(19-7-11-21(29)12-8-19)33-15-13-32(14-16-33)24(34)4-2-1-3-23-25-22(17-36-23)30-27(35)31-25/h5-12,22-23,25-26H,1-4,13-17H2,(H2,30,31,35)/t22-,23-,25+/m1/s1. The first-order valence-electron chi connectivity index (χ1n) is 12.7. The summed E-state index contributed by atoms with van der Waals surface area (Å²) in [4.78, 5) is 28.6. The number of rotatable bonds is 8. The second-order valence-corrected chi connectivity index (χ2v) is 11.1. The normalized spacial score (nSPS) is 24.0. The van der Waals surface area contributed by atoms with Crippen molar-refractivity contribution >= 4 is 23.7 Å². The number of carbonyl (C=O) groups is 2. The van der Waals surface area contributed by atoms with Gasteiger partial charge in [0.25, 0.3) is 0 Å². The Morgan fingerprint density at radius 2 is 1.53 bits per heavy atom. The highest BCUT2D eigenvalue weighted by Crippen LogP contribution is 2.33. The Morgan fingerprint density at radius 1 is 0.917 bits per heavy atom. The van der Waals surface area contributed by atoms with Crippen LogP contribution in [0, 0.1) is 11.6 Å². The van der Waals surface area contributed by atoms with E-state index in [1.807, 2.05) is 16.7 Å². The van der Waals surface area contributed by atoms with Crippen molar-refractivity contribution in [3.63, 3.8) is 0 Å². The van der Waals surface area contributed by atoms with Crippen molar-refractivity contribution in [3.8, 4) is 0 Å². The van der Waals surface area contributed by atoms with Crippen LogP contribution < -0.4 is 10.6 Å². The number of carbonyl (C=O) groups excluding carboxylic acids is 2.